The van der Waals surface area contributed by atoms with Gasteiger partial charge in [-0.25, -0.2) is 0 Å². The summed E-state index contributed by atoms with van der Waals surface area (Å²) in [5.41, 5.74) is 0. The third-order valence-corrected chi connectivity index (χ3v) is 3.93. The highest BCUT2D eigenvalue weighted by atomic mass is 127. The Kier molecular flexibility index (Phi) is 11.2. The molecule has 0 aromatic carbocycles. The first-order valence-electron chi connectivity index (χ1n) is 7.22. The molecule has 0 spiro atoms. The minimum absolute atomic E-state index is 0. The molecule has 2 atom stereocenters. The quantitative estimate of drug-likeness (QED) is 0.407. The average molecular weight is 409 g/mol. The molecular weight excluding hydrogens is 381 g/mol. The van der Waals surface area contributed by atoms with E-state index in [1.165, 1.54) is 4.88 Å². The van der Waals surface area contributed by atoms with Gasteiger partial charge in [-0.2, -0.15) is 0 Å². The molecule has 0 radical (unpaired) electrons. The van der Waals surface area contributed by atoms with E-state index in [-0.39, 0.29) is 24.0 Å². The van der Waals surface area contributed by atoms with Crippen molar-refractivity contribution in [2.45, 2.75) is 46.6 Å². The maximum absolute atomic E-state index is 4.68. The zero-order valence-electron chi connectivity index (χ0n) is 13.0. The van der Waals surface area contributed by atoms with Crippen molar-refractivity contribution in [3.63, 3.8) is 0 Å². The molecule has 0 bridgehead atoms. The van der Waals surface area contributed by atoms with Crippen LogP contribution in [0.1, 0.15) is 39.0 Å². The molecule has 1 heterocycles. The summed E-state index contributed by atoms with van der Waals surface area (Å²) >= 11 is 1.83. The van der Waals surface area contributed by atoms with E-state index < -0.39 is 0 Å². The number of halogens is 1. The largest absolute Gasteiger partial charge is 0.357 e. The predicted molar refractivity (Wildman–Crippen MR) is 101 cm³/mol. The number of hydrogen-bond donors (Lipinski definition) is 2. The summed E-state index contributed by atoms with van der Waals surface area (Å²) in [5.74, 6) is 1.51. The molecule has 1 aromatic heterocycles. The van der Waals surface area contributed by atoms with Gasteiger partial charge < -0.3 is 10.6 Å². The fourth-order valence-electron chi connectivity index (χ4n) is 1.74. The van der Waals surface area contributed by atoms with Crippen molar-refractivity contribution in [2.75, 3.05) is 13.1 Å². The number of nitrogens with zero attached hydrogens (tertiary/aromatic N) is 1. The Labute approximate surface area is 144 Å². The van der Waals surface area contributed by atoms with Gasteiger partial charge in [0.25, 0.3) is 0 Å². The Morgan fingerprint density at radius 2 is 2.10 bits per heavy atom. The molecule has 0 saturated carbocycles. The van der Waals surface area contributed by atoms with Gasteiger partial charge in [0.2, 0.25) is 0 Å². The molecule has 1 aromatic rings. The van der Waals surface area contributed by atoms with Crippen LogP contribution in [0.15, 0.2) is 22.5 Å². The van der Waals surface area contributed by atoms with E-state index in [9.17, 15) is 0 Å². The van der Waals surface area contributed by atoms with Gasteiger partial charge in [-0.3, -0.25) is 4.99 Å². The summed E-state index contributed by atoms with van der Waals surface area (Å²) in [6, 6.07) is 4.78. The van der Waals surface area contributed by atoms with E-state index in [4.69, 9.17) is 0 Å². The molecule has 2 N–H and O–H groups in total. The molecule has 5 heteroatoms. The van der Waals surface area contributed by atoms with Gasteiger partial charge >= 0.3 is 0 Å². The fourth-order valence-corrected chi connectivity index (χ4v) is 2.61. The summed E-state index contributed by atoms with van der Waals surface area (Å²) in [6.45, 7) is 10.5. The molecule has 0 saturated heterocycles. The fraction of sp³-hybridized carbons (Fsp3) is 0.667. The highest BCUT2D eigenvalue weighted by Gasteiger charge is 2.06. The number of thiophene rings is 1. The van der Waals surface area contributed by atoms with E-state index >= 15 is 0 Å². The molecule has 3 nitrogen and oxygen atoms in total. The lowest BCUT2D eigenvalue weighted by Gasteiger charge is -2.17. The van der Waals surface area contributed by atoms with Crippen LogP contribution in [-0.2, 0) is 6.42 Å². The summed E-state index contributed by atoms with van der Waals surface area (Å²) in [4.78, 5) is 6.13. The van der Waals surface area contributed by atoms with Crippen LogP contribution in [0.4, 0.5) is 0 Å². The molecule has 0 aliphatic heterocycles. The molecule has 0 amide bonds. The summed E-state index contributed by atoms with van der Waals surface area (Å²) in [7, 11) is 0. The Hall–Kier alpha value is -0.300. The lowest BCUT2D eigenvalue weighted by atomic mass is 10.1. The second-order valence-corrected chi connectivity index (χ2v) is 6.09. The van der Waals surface area contributed by atoms with Gasteiger partial charge in [0.05, 0.1) is 0 Å². The van der Waals surface area contributed by atoms with Crippen LogP contribution in [0.5, 0.6) is 0 Å². The lowest BCUT2D eigenvalue weighted by molar-refractivity contribution is 0.584. The molecule has 0 fully saturated rings. The van der Waals surface area contributed by atoms with E-state index in [0.29, 0.717) is 12.0 Å². The maximum atomic E-state index is 4.68. The van der Waals surface area contributed by atoms with E-state index in [2.05, 4.69) is 60.8 Å². The van der Waals surface area contributed by atoms with E-state index in [0.717, 1.165) is 31.9 Å². The Balaban J connectivity index is 0.00000361. The van der Waals surface area contributed by atoms with Crippen molar-refractivity contribution >= 4 is 41.3 Å². The molecule has 116 valence electrons. The van der Waals surface area contributed by atoms with Crippen LogP contribution in [0, 0.1) is 5.92 Å². The summed E-state index contributed by atoms with van der Waals surface area (Å²) in [5, 5.41) is 8.87. The zero-order chi connectivity index (χ0) is 14.1. The maximum Gasteiger partial charge on any atom is 0.191 e. The Morgan fingerprint density at radius 3 is 2.65 bits per heavy atom. The number of guanidine groups is 1. The highest BCUT2D eigenvalue weighted by Crippen LogP contribution is 2.14. The third kappa shape index (κ3) is 8.09. The summed E-state index contributed by atoms with van der Waals surface area (Å²) in [6.07, 6.45) is 2.22. The third-order valence-electron chi connectivity index (χ3n) is 3.03. The highest BCUT2D eigenvalue weighted by molar-refractivity contribution is 14.0. The van der Waals surface area contributed by atoms with E-state index in [1.54, 1.807) is 0 Å². The number of aliphatic imine (C=N–C) groups is 1. The second-order valence-electron chi connectivity index (χ2n) is 5.06. The van der Waals surface area contributed by atoms with Gasteiger partial charge in [0.1, 0.15) is 0 Å². The van der Waals surface area contributed by atoms with Gasteiger partial charge in [-0.1, -0.05) is 19.9 Å². The van der Waals surface area contributed by atoms with Crippen LogP contribution in [0.25, 0.3) is 0 Å². The van der Waals surface area contributed by atoms with Crippen LogP contribution >= 0.6 is 35.3 Å². The van der Waals surface area contributed by atoms with E-state index in [1.807, 2.05) is 11.3 Å². The molecule has 0 aliphatic rings. The van der Waals surface area contributed by atoms with Gasteiger partial charge in [-0.05, 0) is 44.1 Å². The Morgan fingerprint density at radius 1 is 1.35 bits per heavy atom. The summed E-state index contributed by atoms with van der Waals surface area (Å²) < 4.78 is 0. The number of rotatable bonds is 7. The topological polar surface area (TPSA) is 36.4 Å². The average Bonchev–Trinajstić information content (AvgIpc) is 2.88. The molecule has 20 heavy (non-hydrogen) atoms. The van der Waals surface area contributed by atoms with Crippen LogP contribution in [0.2, 0.25) is 0 Å². The van der Waals surface area contributed by atoms with Gasteiger partial charge in [0.15, 0.2) is 5.96 Å². The first-order chi connectivity index (χ1) is 9.15. The number of hydrogen-bond acceptors (Lipinski definition) is 2. The van der Waals surface area contributed by atoms with Crippen molar-refractivity contribution in [1.29, 1.82) is 0 Å². The SMILES string of the molecule is CCNC(=NCC(C)Cc1cccs1)NC(C)CC.I. The van der Waals surface area contributed by atoms with Crippen molar-refractivity contribution < 1.29 is 0 Å². The van der Waals surface area contributed by atoms with Gasteiger partial charge in [0, 0.05) is 24.0 Å². The van der Waals surface area contributed by atoms with Crippen LogP contribution in [0.3, 0.4) is 0 Å². The molecule has 2 unspecified atom stereocenters. The first kappa shape index (κ1) is 19.7. The van der Waals surface area contributed by atoms with Crippen LogP contribution < -0.4 is 10.6 Å². The lowest BCUT2D eigenvalue weighted by Crippen LogP contribution is -2.42. The van der Waals surface area contributed by atoms with Gasteiger partial charge in [-0.15, -0.1) is 35.3 Å². The monoisotopic (exact) mass is 409 g/mol. The number of nitrogens with one attached hydrogen (secondary N) is 2. The van der Waals surface area contributed by atoms with Crippen molar-refractivity contribution in [2.24, 2.45) is 10.9 Å². The molecular formula is C15H28IN3S. The smallest absolute Gasteiger partial charge is 0.191 e. The minimum atomic E-state index is 0. The Bertz CT molecular complexity index is 365. The van der Waals surface area contributed by atoms with Crippen molar-refractivity contribution in [3.05, 3.63) is 22.4 Å². The van der Waals surface area contributed by atoms with Crippen LogP contribution in [-0.4, -0.2) is 25.1 Å². The van der Waals surface area contributed by atoms with Crippen molar-refractivity contribution in [3.8, 4) is 0 Å². The van der Waals surface area contributed by atoms with Crippen molar-refractivity contribution in [1.82, 2.24) is 10.6 Å². The minimum Gasteiger partial charge on any atom is -0.357 e. The zero-order valence-corrected chi connectivity index (χ0v) is 16.1. The standard InChI is InChI=1S/C15H27N3S.HI/c1-5-13(4)18-15(16-6-2)17-11-12(3)10-14-8-7-9-19-14;/h7-9,12-13H,5-6,10-11H2,1-4H3,(H2,16,17,18);1H. The molecule has 0 aliphatic carbocycles. The normalized spacial score (nSPS) is 14.3. The second kappa shape index (κ2) is 11.4. The first-order valence-corrected chi connectivity index (χ1v) is 8.10. The predicted octanol–water partition coefficient (Wildman–Crippen LogP) is 3.90. The molecule has 1 rings (SSSR count).